The fraction of sp³-hybridized carbons (Fsp3) is 0.250. The summed E-state index contributed by atoms with van der Waals surface area (Å²) in [7, 11) is 0. The van der Waals surface area contributed by atoms with Crippen LogP contribution >= 0.6 is 0 Å². The topological polar surface area (TPSA) is 79.7 Å². The number of alkyl halides is 3. The number of nitrogens with two attached hydrogens (primary N) is 2. The van der Waals surface area contributed by atoms with Crippen LogP contribution in [0.3, 0.4) is 0 Å². The summed E-state index contributed by atoms with van der Waals surface area (Å²) in [6.07, 6.45) is -3.88. The van der Waals surface area contributed by atoms with E-state index < -0.39 is 11.9 Å². The summed E-state index contributed by atoms with van der Waals surface area (Å²) in [4.78, 5) is 0. The second-order valence-electron chi connectivity index (χ2n) is 2.04. The van der Waals surface area contributed by atoms with Crippen molar-refractivity contribution in [2.45, 2.75) is 6.18 Å². The summed E-state index contributed by atoms with van der Waals surface area (Å²) in [6.45, 7) is 0. The van der Waals surface area contributed by atoms with Crippen molar-refractivity contribution in [1.82, 2.24) is 10.7 Å². The Bertz CT molecular complexity index is 242. The van der Waals surface area contributed by atoms with E-state index in [0.717, 1.165) is 0 Å². The predicted octanol–water partition coefficient (Wildman–Crippen LogP) is -0.601. The first-order valence-corrected chi connectivity index (χ1v) is 2.84. The molecule has 1 rings (SSSR count). The second-order valence-corrected chi connectivity index (χ2v) is 2.04. The maximum atomic E-state index is 11.9. The minimum atomic E-state index is -4.54. The lowest BCUT2D eigenvalue weighted by Crippen LogP contribution is -2.46. The molecule has 0 aromatic rings. The second kappa shape index (κ2) is 2.55. The molecule has 5 N–H and O–H groups in total. The van der Waals surface area contributed by atoms with Crippen LogP contribution in [0.25, 0.3) is 0 Å². The van der Waals surface area contributed by atoms with E-state index >= 15 is 0 Å². The van der Waals surface area contributed by atoms with Crippen LogP contribution < -0.4 is 17.0 Å². The number of hydrazine groups is 2. The zero-order valence-electron chi connectivity index (χ0n) is 5.76. The number of halogens is 3. The Labute approximate surface area is 65.4 Å². The van der Waals surface area contributed by atoms with Crippen molar-refractivity contribution in [3.8, 4) is 0 Å². The largest absolute Gasteiger partial charge is 0.435 e. The van der Waals surface area contributed by atoms with Crippen LogP contribution in [-0.2, 0) is 0 Å². The third-order valence-corrected chi connectivity index (χ3v) is 1.04. The lowest BCUT2D eigenvalue weighted by Gasteiger charge is -2.21. The zero-order valence-corrected chi connectivity index (χ0v) is 5.76. The fourth-order valence-corrected chi connectivity index (χ4v) is 0.620. The Morgan fingerprint density at radius 1 is 1.50 bits per heavy atom. The molecular formula is C4H6F3N5. The smallest absolute Gasteiger partial charge is 0.384 e. The summed E-state index contributed by atoms with van der Waals surface area (Å²) in [5, 5.41) is 3.34. The summed E-state index contributed by atoms with van der Waals surface area (Å²) in [5.41, 5.74) is 6.07. The van der Waals surface area contributed by atoms with Crippen molar-refractivity contribution in [2.24, 2.45) is 16.7 Å². The van der Waals surface area contributed by atoms with E-state index in [1.807, 2.05) is 0 Å². The van der Waals surface area contributed by atoms with Gasteiger partial charge in [0.2, 0.25) is 0 Å². The van der Waals surface area contributed by atoms with E-state index in [0.29, 0.717) is 11.3 Å². The van der Waals surface area contributed by atoms with Crippen LogP contribution in [-0.4, -0.2) is 17.1 Å². The first-order valence-electron chi connectivity index (χ1n) is 2.84. The molecular weight excluding hydrogens is 175 g/mol. The van der Waals surface area contributed by atoms with Crippen LogP contribution in [0.1, 0.15) is 0 Å². The van der Waals surface area contributed by atoms with Gasteiger partial charge in [-0.1, -0.05) is 0 Å². The average molecular weight is 181 g/mol. The van der Waals surface area contributed by atoms with E-state index in [2.05, 4.69) is 10.5 Å². The molecule has 0 unspecified atom stereocenters. The summed E-state index contributed by atoms with van der Waals surface area (Å²) < 4.78 is 35.8. The normalized spacial score (nSPS) is 18.2. The first kappa shape index (κ1) is 8.65. The summed E-state index contributed by atoms with van der Waals surface area (Å²) in [6, 6.07) is 0. The molecule has 8 heteroatoms. The van der Waals surface area contributed by atoms with Crippen molar-refractivity contribution >= 4 is 5.71 Å². The van der Waals surface area contributed by atoms with Gasteiger partial charge in [0.05, 0.1) is 0 Å². The van der Waals surface area contributed by atoms with Gasteiger partial charge in [-0.15, -0.1) is 10.3 Å². The molecule has 1 aliphatic rings. The molecule has 0 atom stereocenters. The van der Waals surface area contributed by atoms with E-state index in [1.54, 1.807) is 0 Å². The Morgan fingerprint density at radius 3 is 2.50 bits per heavy atom. The Kier molecular flexibility index (Phi) is 1.84. The number of hydrazone groups is 1. The number of nitrogens with zero attached hydrogens (tertiary/aromatic N) is 2. The van der Waals surface area contributed by atoms with Gasteiger partial charge in [0.15, 0.2) is 5.71 Å². The third-order valence-electron chi connectivity index (χ3n) is 1.04. The lowest BCUT2D eigenvalue weighted by atomic mass is 10.3. The first-order chi connectivity index (χ1) is 5.39. The maximum Gasteiger partial charge on any atom is 0.435 e. The molecule has 0 aliphatic carbocycles. The molecule has 5 nitrogen and oxygen atoms in total. The van der Waals surface area contributed by atoms with Gasteiger partial charge in [0.1, 0.15) is 5.82 Å². The van der Waals surface area contributed by atoms with E-state index in [-0.39, 0.29) is 5.82 Å². The molecule has 0 amide bonds. The van der Waals surface area contributed by atoms with Crippen molar-refractivity contribution in [3.05, 3.63) is 11.9 Å². The average Bonchev–Trinajstić information content (AvgIpc) is 1.82. The lowest BCUT2D eigenvalue weighted by molar-refractivity contribution is -0.0602. The van der Waals surface area contributed by atoms with Gasteiger partial charge in [-0.25, -0.2) is 5.84 Å². The molecule has 0 saturated carbocycles. The van der Waals surface area contributed by atoms with E-state index in [4.69, 9.17) is 11.6 Å². The molecule has 0 bridgehead atoms. The number of allylic oxidation sites excluding steroid dienone is 1. The zero-order chi connectivity index (χ0) is 9.35. The van der Waals surface area contributed by atoms with Crippen LogP contribution in [0.2, 0.25) is 0 Å². The molecule has 0 radical (unpaired) electrons. The number of hydrogen-bond acceptors (Lipinski definition) is 5. The maximum absolute atomic E-state index is 11.9. The van der Waals surface area contributed by atoms with Crippen LogP contribution in [0.4, 0.5) is 13.2 Å². The van der Waals surface area contributed by atoms with E-state index in [1.165, 1.54) is 0 Å². The molecule has 0 aromatic carbocycles. The SMILES string of the molecule is NC1=CC(C(F)(F)F)=NN(N)N1. The van der Waals surface area contributed by atoms with Gasteiger partial charge in [0.25, 0.3) is 0 Å². The van der Waals surface area contributed by atoms with Crippen molar-refractivity contribution in [3.63, 3.8) is 0 Å². The van der Waals surface area contributed by atoms with Gasteiger partial charge in [-0.05, 0) is 0 Å². The Hall–Kier alpha value is -1.44. The molecule has 1 heterocycles. The monoisotopic (exact) mass is 181 g/mol. The molecule has 0 saturated heterocycles. The number of hydrogen-bond donors (Lipinski definition) is 3. The minimum absolute atomic E-state index is 0.208. The van der Waals surface area contributed by atoms with Gasteiger partial charge >= 0.3 is 6.18 Å². The third kappa shape index (κ3) is 1.78. The van der Waals surface area contributed by atoms with Crippen LogP contribution in [0.15, 0.2) is 17.0 Å². The van der Waals surface area contributed by atoms with Gasteiger partial charge < -0.3 is 5.73 Å². The highest BCUT2D eigenvalue weighted by Crippen LogP contribution is 2.19. The van der Waals surface area contributed by atoms with Crippen molar-refractivity contribution in [1.29, 1.82) is 0 Å². The Balaban J connectivity index is 2.91. The highest BCUT2D eigenvalue weighted by atomic mass is 19.4. The molecule has 12 heavy (non-hydrogen) atoms. The summed E-state index contributed by atoms with van der Waals surface area (Å²) >= 11 is 0. The van der Waals surface area contributed by atoms with Crippen molar-refractivity contribution < 1.29 is 13.2 Å². The predicted molar refractivity (Wildman–Crippen MR) is 34.9 cm³/mol. The molecule has 68 valence electrons. The highest BCUT2D eigenvalue weighted by Gasteiger charge is 2.36. The molecule has 0 fully saturated rings. The number of rotatable bonds is 0. The molecule has 1 aliphatic heterocycles. The van der Waals surface area contributed by atoms with Crippen molar-refractivity contribution in [2.75, 3.05) is 0 Å². The summed E-state index contributed by atoms with van der Waals surface area (Å²) in [5.74, 6) is 4.72. The van der Waals surface area contributed by atoms with Crippen LogP contribution in [0, 0.1) is 0 Å². The minimum Gasteiger partial charge on any atom is -0.384 e. The fourth-order valence-electron chi connectivity index (χ4n) is 0.620. The van der Waals surface area contributed by atoms with Gasteiger partial charge in [-0.2, -0.15) is 13.2 Å². The molecule has 0 aromatic heterocycles. The van der Waals surface area contributed by atoms with Gasteiger partial charge in [-0.3, -0.25) is 5.43 Å². The number of nitrogens with one attached hydrogen (secondary N) is 1. The highest BCUT2D eigenvalue weighted by molar-refractivity contribution is 5.99. The molecule has 0 spiro atoms. The van der Waals surface area contributed by atoms with E-state index in [9.17, 15) is 13.2 Å². The van der Waals surface area contributed by atoms with Crippen LogP contribution in [0.5, 0.6) is 0 Å². The Morgan fingerprint density at radius 2 is 2.08 bits per heavy atom. The standard InChI is InChI=1S/C4H6F3N5/c5-4(6,7)2-1-3(8)11-12(9)10-2/h1,11H,8-9H2. The van der Waals surface area contributed by atoms with Gasteiger partial charge in [0, 0.05) is 6.08 Å². The quantitative estimate of drug-likeness (QED) is 0.436.